The predicted molar refractivity (Wildman–Crippen MR) is 66.0 cm³/mol. The van der Waals surface area contributed by atoms with Crippen LogP contribution in [-0.4, -0.2) is 18.5 Å². The van der Waals surface area contributed by atoms with Crippen LogP contribution in [0.4, 0.5) is 4.39 Å². The quantitative estimate of drug-likeness (QED) is 0.791. The van der Waals surface area contributed by atoms with Crippen LogP contribution in [0.25, 0.3) is 0 Å². The summed E-state index contributed by atoms with van der Waals surface area (Å²) in [6, 6.07) is 6.09. The molecule has 0 fully saturated rings. The van der Waals surface area contributed by atoms with Gasteiger partial charge in [0.05, 0.1) is 6.42 Å². The number of halogens is 1. The van der Waals surface area contributed by atoms with Crippen molar-refractivity contribution in [2.45, 2.75) is 32.2 Å². The predicted octanol–water partition coefficient (Wildman–Crippen LogP) is 1.61. The van der Waals surface area contributed by atoms with Crippen molar-refractivity contribution in [3.8, 4) is 0 Å². The van der Waals surface area contributed by atoms with Crippen LogP contribution in [0.1, 0.15) is 25.3 Å². The van der Waals surface area contributed by atoms with E-state index in [0.717, 1.165) is 18.4 Å². The van der Waals surface area contributed by atoms with Crippen LogP contribution >= 0.6 is 0 Å². The first kappa shape index (κ1) is 13.6. The summed E-state index contributed by atoms with van der Waals surface area (Å²) in [7, 11) is 0. The molecule has 0 aromatic heterocycles. The Morgan fingerprint density at radius 1 is 1.41 bits per heavy atom. The monoisotopic (exact) mass is 238 g/mol. The Labute approximate surface area is 101 Å². The number of benzene rings is 1. The van der Waals surface area contributed by atoms with Crippen LogP contribution in [0.3, 0.4) is 0 Å². The second kappa shape index (κ2) is 7.01. The summed E-state index contributed by atoms with van der Waals surface area (Å²) in [4.78, 5) is 11.5. The summed E-state index contributed by atoms with van der Waals surface area (Å²) in [5, 5.41) is 2.80. The Bertz CT molecular complexity index is 351. The summed E-state index contributed by atoms with van der Waals surface area (Å²) in [6.45, 7) is 2.61. The maximum absolute atomic E-state index is 12.6. The third-order valence-corrected chi connectivity index (χ3v) is 2.64. The van der Waals surface area contributed by atoms with Gasteiger partial charge in [0.1, 0.15) is 5.82 Å². The van der Waals surface area contributed by atoms with E-state index in [0.29, 0.717) is 6.54 Å². The molecule has 0 spiro atoms. The lowest BCUT2D eigenvalue weighted by Gasteiger charge is -2.09. The van der Waals surface area contributed by atoms with Crippen molar-refractivity contribution >= 4 is 5.91 Å². The molecule has 4 heteroatoms. The zero-order chi connectivity index (χ0) is 12.7. The molecule has 0 saturated carbocycles. The van der Waals surface area contributed by atoms with Crippen LogP contribution in [0.2, 0.25) is 0 Å². The summed E-state index contributed by atoms with van der Waals surface area (Å²) in [6.07, 6.45) is 1.97. The summed E-state index contributed by atoms with van der Waals surface area (Å²) in [5.74, 6) is -0.344. The number of carbonyl (C=O) groups excluding carboxylic acids is 1. The van der Waals surface area contributed by atoms with Crippen LogP contribution in [0.5, 0.6) is 0 Å². The van der Waals surface area contributed by atoms with Gasteiger partial charge in [-0.3, -0.25) is 4.79 Å². The van der Waals surface area contributed by atoms with Crippen molar-refractivity contribution in [2.75, 3.05) is 6.54 Å². The van der Waals surface area contributed by atoms with Gasteiger partial charge in [0.25, 0.3) is 0 Å². The molecule has 94 valence electrons. The van der Waals surface area contributed by atoms with E-state index in [1.54, 1.807) is 12.1 Å². The summed E-state index contributed by atoms with van der Waals surface area (Å²) < 4.78 is 12.6. The fourth-order valence-electron chi connectivity index (χ4n) is 1.45. The number of hydrogen-bond donors (Lipinski definition) is 2. The van der Waals surface area contributed by atoms with Crippen molar-refractivity contribution in [1.29, 1.82) is 0 Å². The van der Waals surface area contributed by atoms with E-state index in [4.69, 9.17) is 5.73 Å². The van der Waals surface area contributed by atoms with Crippen LogP contribution < -0.4 is 11.1 Å². The van der Waals surface area contributed by atoms with E-state index in [2.05, 4.69) is 5.32 Å². The van der Waals surface area contributed by atoms with Gasteiger partial charge in [0.2, 0.25) is 5.91 Å². The fourth-order valence-corrected chi connectivity index (χ4v) is 1.45. The minimum Gasteiger partial charge on any atom is -0.356 e. The third-order valence-electron chi connectivity index (χ3n) is 2.64. The zero-order valence-electron chi connectivity index (χ0n) is 10.1. The van der Waals surface area contributed by atoms with E-state index in [1.165, 1.54) is 12.1 Å². The Kier molecular flexibility index (Phi) is 5.63. The zero-order valence-corrected chi connectivity index (χ0v) is 10.1. The molecule has 3 nitrogen and oxygen atoms in total. The highest BCUT2D eigenvalue weighted by Gasteiger charge is 2.04. The van der Waals surface area contributed by atoms with Gasteiger partial charge in [-0.15, -0.1) is 0 Å². The second-order valence-electron chi connectivity index (χ2n) is 4.11. The third kappa shape index (κ3) is 5.45. The van der Waals surface area contributed by atoms with E-state index in [9.17, 15) is 9.18 Å². The SMILES string of the molecule is CCC(N)CCNC(=O)Cc1ccc(F)cc1. The first-order chi connectivity index (χ1) is 8.11. The molecule has 1 aromatic carbocycles. The van der Waals surface area contributed by atoms with E-state index in [1.807, 2.05) is 6.92 Å². The Morgan fingerprint density at radius 3 is 2.65 bits per heavy atom. The molecule has 1 amide bonds. The fraction of sp³-hybridized carbons (Fsp3) is 0.462. The summed E-state index contributed by atoms with van der Waals surface area (Å²) in [5.41, 5.74) is 6.54. The van der Waals surface area contributed by atoms with Crippen LogP contribution in [0, 0.1) is 5.82 Å². The Hall–Kier alpha value is -1.42. The van der Waals surface area contributed by atoms with Crippen LogP contribution in [0.15, 0.2) is 24.3 Å². The molecule has 1 rings (SSSR count). The molecule has 0 aliphatic carbocycles. The standard InChI is InChI=1S/C13H19FN2O/c1-2-12(15)7-8-16-13(17)9-10-3-5-11(14)6-4-10/h3-6,12H,2,7-9,15H2,1H3,(H,16,17). The Balaban J connectivity index is 2.27. The number of nitrogens with two attached hydrogens (primary N) is 1. The van der Waals surface area contributed by atoms with Crippen molar-refractivity contribution in [2.24, 2.45) is 5.73 Å². The van der Waals surface area contributed by atoms with Gasteiger partial charge in [-0.2, -0.15) is 0 Å². The number of hydrogen-bond acceptors (Lipinski definition) is 2. The maximum Gasteiger partial charge on any atom is 0.224 e. The van der Waals surface area contributed by atoms with Crippen molar-refractivity contribution in [1.82, 2.24) is 5.32 Å². The number of carbonyl (C=O) groups is 1. The van der Waals surface area contributed by atoms with E-state index < -0.39 is 0 Å². The van der Waals surface area contributed by atoms with Gasteiger partial charge in [-0.1, -0.05) is 19.1 Å². The van der Waals surface area contributed by atoms with Crippen LogP contribution in [-0.2, 0) is 11.2 Å². The van der Waals surface area contributed by atoms with Gasteiger partial charge in [-0.25, -0.2) is 4.39 Å². The molecular weight excluding hydrogens is 219 g/mol. The first-order valence-electron chi connectivity index (χ1n) is 5.88. The maximum atomic E-state index is 12.6. The van der Waals surface area contributed by atoms with E-state index >= 15 is 0 Å². The number of rotatable bonds is 6. The minimum absolute atomic E-state index is 0.0556. The normalized spacial score (nSPS) is 12.2. The minimum atomic E-state index is -0.289. The van der Waals surface area contributed by atoms with Crippen molar-refractivity contribution in [3.63, 3.8) is 0 Å². The lowest BCUT2D eigenvalue weighted by Crippen LogP contribution is -2.30. The lowest BCUT2D eigenvalue weighted by molar-refractivity contribution is -0.120. The molecule has 1 atom stereocenters. The molecule has 0 heterocycles. The highest BCUT2D eigenvalue weighted by molar-refractivity contribution is 5.78. The number of nitrogens with one attached hydrogen (secondary N) is 1. The average Bonchev–Trinajstić information content (AvgIpc) is 2.32. The molecule has 1 aromatic rings. The highest BCUT2D eigenvalue weighted by Crippen LogP contribution is 2.03. The average molecular weight is 238 g/mol. The molecule has 1 unspecified atom stereocenters. The van der Waals surface area contributed by atoms with Gasteiger partial charge >= 0.3 is 0 Å². The molecule has 17 heavy (non-hydrogen) atoms. The van der Waals surface area contributed by atoms with Crippen molar-refractivity contribution < 1.29 is 9.18 Å². The lowest BCUT2D eigenvalue weighted by atomic mass is 10.1. The summed E-state index contributed by atoms with van der Waals surface area (Å²) >= 11 is 0. The molecule has 0 saturated heterocycles. The topological polar surface area (TPSA) is 55.1 Å². The van der Waals surface area contributed by atoms with E-state index in [-0.39, 0.29) is 24.2 Å². The molecule has 0 radical (unpaired) electrons. The van der Waals surface area contributed by atoms with Gasteiger partial charge < -0.3 is 11.1 Å². The molecule has 3 N–H and O–H groups in total. The molecule has 0 aliphatic rings. The van der Waals surface area contributed by atoms with Gasteiger partial charge in [0, 0.05) is 12.6 Å². The van der Waals surface area contributed by atoms with Crippen molar-refractivity contribution in [3.05, 3.63) is 35.6 Å². The highest BCUT2D eigenvalue weighted by atomic mass is 19.1. The molecule has 0 bridgehead atoms. The second-order valence-corrected chi connectivity index (χ2v) is 4.11. The molecule has 0 aliphatic heterocycles. The molecular formula is C13H19FN2O. The van der Waals surface area contributed by atoms with Gasteiger partial charge in [0.15, 0.2) is 0 Å². The van der Waals surface area contributed by atoms with Gasteiger partial charge in [-0.05, 0) is 30.5 Å². The number of amides is 1. The first-order valence-corrected chi connectivity index (χ1v) is 5.88. The Morgan fingerprint density at radius 2 is 2.06 bits per heavy atom. The smallest absolute Gasteiger partial charge is 0.224 e. The largest absolute Gasteiger partial charge is 0.356 e.